The van der Waals surface area contributed by atoms with E-state index in [1.54, 1.807) is 18.2 Å². The second kappa shape index (κ2) is 5.36. The SMILES string of the molecule is O=S(=O)(c1cccc2ccoc12)N1CCN(c2ncn[nH]2)CC1. The molecule has 0 bridgehead atoms. The highest BCUT2D eigenvalue weighted by Gasteiger charge is 2.31. The molecule has 3 aromatic rings. The highest BCUT2D eigenvalue weighted by molar-refractivity contribution is 7.89. The highest BCUT2D eigenvalue weighted by Crippen LogP contribution is 2.27. The Kier molecular flexibility index (Phi) is 3.31. The topological polar surface area (TPSA) is 95.3 Å². The number of aromatic nitrogens is 3. The van der Waals surface area contributed by atoms with Crippen LogP contribution in [0.25, 0.3) is 11.0 Å². The average molecular weight is 333 g/mol. The van der Waals surface area contributed by atoms with Gasteiger partial charge in [0.15, 0.2) is 5.58 Å². The number of furan rings is 1. The Balaban J connectivity index is 1.59. The smallest absolute Gasteiger partial charge is 0.246 e. The molecule has 1 saturated heterocycles. The van der Waals surface area contributed by atoms with Gasteiger partial charge in [-0.25, -0.2) is 13.5 Å². The zero-order valence-electron chi connectivity index (χ0n) is 12.2. The van der Waals surface area contributed by atoms with Gasteiger partial charge in [0, 0.05) is 31.6 Å². The number of benzene rings is 1. The summed E-state index contributed by atoms with van der Waals surface area (Å²) in [7, 11) is -3.58. The fourth-order valence-electron chi connectivity index (χ4n) is 2.80. The molecule has 1 aliphatic rings. The van der Waals surface area contributed by atoms with Crippen LogP contribution in [0.1, 0.15) is 0 Å². The van der Waals surface area contributed by atoms with Crippen molar-refractivity contribution in [2.24, 2.45) is 0 Å². The maximum atomic E-state index is 12.9. The summed E-state index contributed by atoms with van der Waals surface area (Å²) >= 11 is 0. The summed E-state index contributed by atoms with van der Waals surface area (Å²) in [5.41, 5.74) is 0.408. The number of para-hydroxylation sites is 1. The van der Waals surface area contributed by atoms with Crippen LogP contribution in [0, 0.1) is 0 Å². The predicted molar refractivity (Wildman–Crippen MR) is 83.6 cm³/mol. The van der Waals surface area contributed by atoms with E-state index in [0.717, 1.165) is 5.39 Å². The van der Waals surface area contributed by atoms with Crippen molar-refractivity contribution in [1.29, 1.82) is 0 Å². The minimum absolute atomic E-state index is 0.216. The molecular formula is C14H15N5O3S. The molecule has 0 aliphatic carbocycles. The summed E-state index contributed by atoms with van der Waals surface area (Å²) in [6, 6.07) is 6.91. The zero-order valence-corrected chi connectivity index (χ0v) is 13.0. The van der Waals surface area contributed by atoms with Crippen LogP contribution in [0.4, 0.5) is 5.95 Å². The monoisotopic (exact) mass is 333 g/mol. The summed E-state index contributed by atoms with van der Waals surface area (Å²) in [6.45, 7) is 1.89. The van der Waals surface area contributed by atoms with Gasteiger partial charge in [-0.2, -0.15) is 14.4 Å². The fraction of sp³-hybridized carbons (Fsp3) is 0.286. The molecule has 120 valence electrons. The number of aromatic amines is 1. The molecule has 3 heterocycles. The van der Waals surface area contributed by atoms with Gasteiger partial charge in [-0.15, -0.1) is 0 Å². The third kappa shape index (κ3) is 2.37. The number of sulfonamides is 1. The van der Waals surface area contributed by atoms with Crippen molar-refractivity contribution in [3.8, 4) is 0 Å². The van der Waals surface area contributed by atoms with Crippen LogP contribution in [0.3, 0.4) is 0 Å². The van der Waals surface area contributed by atoms with Gasteiger partial charge < -0.3 is 9.32 Å². The minimum atomic E-state index is -3.58. The molecular weight excluding hydrogens is 318 g/mol. The lowest BCUT2D eigenvalue weighted by molar-refractivity contribution is 0.382. The molecule has 9 heteroatoms. The Morgan fingerprint density at radius 1 is 1.13 bits per heavy atom. The molecule has 1 fully saturated rings. The number of hydrogen-bond acceptors (Lipinski definition) is 6. The van der Waals surface area contributed by atoms with E-state index >= 15 is 0 Å². The molecule has 1 N–H and O–H groups in total. The largest absolute Gasteiger partial charge is 0.463 e. The molecule has 0 spiro atoms. The molecule has 0 amide bonds. The van der Waals surface area contributed by atoms with Gasteiger partial charge >= 0.3 is 0 Å². The number of piperazine rings is 1. The molecule has 2 aromatic heterocycles. The number of rotatable bonds is 3. The molecule has 23 heavy (non-hydrogen) atoms. The zero-order chi connectivity index (χ0) is 15.9. The second-order valence-electron chi connectivity index (χ2n) is 5.30. The van der Waals surface area contributed by atoms with Crippen LogP contribution in [-0.2, 0) is 10.0 Å². The molecule has 0 atom stereocenters. The standard InChI is InChI=1S/C14H15N5O3S/c20-23(21,12-3-1-2-11-4-9-22-13(11)12)19-7-5-18(6-8-19)14-15-10-16-17-14/h1-4,9-10H,5-8H2,(H,15,16,17). The molecule has 0 unspecified atom stereocenters. The van der Waals surface area contributed by atoms with Crippen LogP contribution in [0.5, 0.6) is 0 Å². The predicted octanol–water partition coefficient (Wildman–Crippen LogP) is 1.06. The van der Waals surface area contributed by atoms with E-state index in [4.69, 9.17) is 4.42 Å². The van der Waals surface area contributed by atoms with Crippen LogP contribution in [-0.4, -0.2) is 54.1 Å². The lowest BCUT2D eigenvalue weighted by atomic mass is 10.3. The number of fused-ring (bicyclic) bond motifs is 1. The number of H-pyrrole nitrogens is 1. The van der Waals surface area contributed by atoms with Gasteiger partial charge in [0.25, 0.3) is 0 Å². The number of nitrogens with zero attached hydrogens (tertiary/aromatic N) is 4. The first kappa shape index (κ1) is 14.2. The minimum Gasteiger partial charge on any atom is -0.463 e. The van der Waals surface area contributed by atoms with Gasteiger partial charge in [0.2, 0.25) is 16.0 Å². The number of anilines is 1. The van der Waals surface area contributed by atoms with E-state index < -0.39 is 10.0 Å². The van der Waals surface area contributed by atoms with E-state index in [2.05, 4.69) is 15.2 Å². The van der Waals surface area contributed by atoms with Crippen molar-refractivity contribution in [2.75, 3.05) is 31.1 Å². The van der Waals surface area contributed by atoms with E-state index in [9.17, 15) is 8.42 Å². The van der Waals surface area contributed by atoms with Crippen molar-refractivity contribution in [2.45, 2.75) is 4.90 Å². The van der Waals surface area contributed by atoms with Gasteiger partial charge in [-0.3, -0.25) is 0 Å². The van der Waals surface area contributed by atoms with Crippen molar-refractivity contribution in [3.05, 3.63) is 36.9 Å². The Labute approximate surface area is 132 Å². The normalized spacial score (nSPS) is 17.0. The molecule has 1 aromatic carbocycles. The summed E-state index contributed by atoms with van der Waals surface area (Å²) in [4.78, 5) is 6.29. The van der Waals surface area contributed by atoms with Gasteiger partial charge in [-0.1, -0.05) is 12.1 Å². The van der Waals surface area contributed by atoms with Crippen molar-refractivity contribution in [1.82, 2.24) is 19.5 Å². The lowest BCUT2D eigenvalue weighted by Crippen LogP contribution is -2.49. The Bertz CT molecular complexity index is 911. The third-order valence-electron chi connectivity index (χ3n) is 4.00. The first-order chi connectivity index (χ1) is 11.2. The highest BCUT2D eigenvalue weighted by atomic mass is 32.2. The average Bonchev–Trinajstić information content (AvgIpc) is 3.26. The lowest BCUT2D eigenvalue weighted by Gasteiger charge is -2.33. The Morgan fingerprint density at radius 3 is 2.70 bits per heavy atom. The number of nitrogens with one attached hydrogen (secondary N) is 1. The van der Waals surface area contributed by atoms with Crippen LogP contribution < -0.4 is 4.90 Å². The molecule has 8 nitrogen and oxygen atoms in total. The molecule has 4 rings (SSSR count). The van der Waals surface area contributed by atoms with Gasteiger partial charge in [0.1, 0.15) is 11.2 Å². The summed E-state index contributed by atoms with van der Waals surface area (Å²) in [5.74, 6) is 0.662. The summed E-state index contributed by atoms with van der Waals surface area (Å²) in [6.07, 6.45) is 2.95. The second-order valence-corrected chi connectivity index (χ2v) is 7.20. The van der Waals surface area contributed by atoms with Crippen molar-refractivity contribution < 1.29 is 12.8 Å². The quantitative estimate of drug-likeness (QED) is 0.770. The van der Waals surface area contributed by atoms with Crippen LogP contribution >= 0.6 is 0 Å². The fourth-order valence-corrected chi connectivity index (χ4v) is 4.37. The first-order valence-corrected chi connectivity index (χ1v) is 8.67. The molecule has 0 radical (unpaired) electrons. The van der Waals surface area contributed by atoms with Crippen LogP contribution in [0.2, 0.25) is 0 Å². The Hall–Kier alpha value is -2.39. The van der Waals surface area contributed by atoms with E-state index in [1.165, 1.54) is 16.9 Å². The van der Waals surface area contributed by atoms with Crippen molar-refractivity contribution in [3.63, 3.8) is 0 Å². The van der Waals surface area contributed by atoms with E-state index in [1.807, 2.05) is 11.0 Å². The van der Waals surface area contributed by atoms with Crippen molar-refractivity contribution >= 4 is 26.9 Å². The van der Waals surface area contributed by atoms with Crippen LogP contribution in [0.15, 0.2) is 46.2 Å². The van der Waals surface area contributed by atoms with Gasteiger partial charge in [0.05, 0.1) is 6.26 Å². The first-order valence-electron chi connectivity index (χ1n) is 7.23. The summed E-state index contributed by atoms with van der Waals surface area (Å²) in [5, 5.41) is 7.40. The van der Waals surface area contributed by atoms with E-state index in [-0.39, 0.29) is 4.90 Å². The maximum absolute atomic E-state index is 12.9. The van der Waals surface area contributed by atoms with E-state index in [0.29, 0.717) is 37.7 Å². The Morgan fingerprint density at radius 2 is 1.96 bits per heavy atom. The molecule has 1 aliphatic heterocycles. The van der Waals surface area contributed by atoms with Gasteiger partial charge in [-0.05, 0) is 12.1 Å². The number of hydrogen-bond donors (Lipinski definition) is 1. The third-order valence-corrected chi connectivity index (χ3v) is 5.92. The maximum Gasteiger partial charge on any atom is 0.246 e. The summed E-state index contributed by atoms with van der Waals surface area (Å²) < 4.78 is 32.7. The molecule has 0 saturated carbocycles.